The molecule has 0 fully saturated rings. The van der Waals surface area contributed by atoms with Crippen molar-refractivity contribution in [2.45, 2.75) is 27.4 Å². The van der Waals surface area contributed by atoms with Crippen LogP contribution >= 0.6 is 15.9 Å². The third-order valence-electron chi connectivity index (χ3n) is 3.00. The van der Waals surface area contributed by atoms with Gasteiger partial charge in [0.2, 0.25) is 0 Å². The Labute approximate surface area is 128 Å². The number of halogens is 1. The van der Waals surface area contributed by atoms with Crippen molar-refractivity contribution in [1.29, 1.82) is 0 Å². The third kappa shape index (κ3) is 3.73. The number of aromatic nitrogens is 1. The zero-order valence-corrected chi connectivity index (χ0v) is 13.6. The van der Waals surface area contributed by atoms with Gasteiger partial charge in [-0.05, 0) is 61.7 Å². The Morgan fingerprint density at radius 2 is 1.90 bits per heavy atom. The van der Waals surface area contributed by atoms with Crippen molar-refractivity contribution >= 4 is 21.7 Å². The Hall–Kier alpha value is -1.55. The molecule has 20 heavy (non-hydrogen) atoms. The Morgan fingerprint density at radius 1 is 1.20 bits per heavy atom. The lowest BCUT2D eigenvalue weighted by atomic mass is 10.1. The zero-order chi connectivity index (χ0) is 14.5. The summed E-state index contributed by atoms with van der Waals surface area (Å²) in [5.74, 6) is 1.78. The number of hydrogen-bond donors (Lipinski definition) is 1. The minimum absolute atomic E-state index is 0.543. The fourth-order valence-corrected chi connectivity index (χ4v) is 2.23. The van der Waals surface area contributed by atoms with Gasteiger partial charge in [-0.1, -0.05) is 15.9 Å². The van der Waals surface area contributed by atoms with Gasteiger partial charge in [-0.2, -0.15) is 0 Å². The van der Waals surface area contributed by atoms with E-state index < -0.39 is 0 Å². The molecule has 4 heteroatoms. The van der Waals surface area contributed by atoms with Crippen LogP contribution in [0.5, 0.6) is 5.75 Å². The SMILES string of the molecule is CCNc1cc(COc2cc(C)c(Br)c(C)c2)ccn1. The number of anilines is 1. The summed E-state index contributed by atoms with van der Waals surface area (Å²) in [6.45, 7) is 7.60. The quantitative estimate of drug-likeness (QED) is 0.875. The normalized spacial score (nSPS) is 10.4. The number of aryl methyl sites for hydroxylation is 2. The molecule has 0 saturated heterocycles. The van der Waals surface area contributed by atoms with Gasteiger partial charge in [-0.3, -0.25) is 0 Å². The summed E-state index contributed by atoms with van der Waals surface area (Å²) in [7, 11) is 0. The Kier molecular flexibility index (Phi) is 5.01. The van der Waals surface area contributed by atoms with Gasteiger partial charge >= 0.3 is 0 Å². The smallest absolute Gasteiger partial charge is 0.126 e. The summed E-state index contributed by atoms with van der Waals surface area (Å²) in [6, 6.07) is 8.08. The molecule has 2 rings (SSSR count). The van der Waals surface area contributed by atoms with E-state index in [1.54, 1.807) is 6.20 Å². The second-order valence-corrected chi connectivity index (χ2v) is 5.53. The standard InChI is InChI=1S/C16H19BrN2O/c1-4-18-15-9-13(5-6-19-15)10-20-14-7-11(2)16(17)12(3)8-14/h5-9H,4,10H2,1-3H3,(H,18,19). The van der Waals surface area contributed by atoms with Gasteiger partial charge in [0.25, 0.3) is 0 Å². The summed E-state index contributed by atoms with van der Waals surface area (Å²) < 4.78 is 7.01. The minimum Gasteiger partial charge on any atom is -0.489 e. The number of pyridine rings is 1. The maximum Gasteiger partial charge on any atom is 0.126 e. The fourth-order valence-electron chi connectivity index (χ4n) is 2.00. The Balaban J connectivity index is 2.07. The van der Waals surface area contributed by atoms with Crippen LogP contribution in [0.1, 0.15) is 23.6 Å². The fraction of sp³-hybridized carbons (Fsp3) is 0.312. The number of rotatable bonds is 5. The Morgan fingerprint density at radius 3 is 2.55 bits per heavy atom. The monoisotopic (exact) mass is 334 g/mol. The van der Waals surface area contributed by atoms with E-state index in [1.807, 2.05) is 24.3 Å². The summed E-state index contributed by atoms with van der Waals surface area (Å²) >= 11 is 3.56. The van der Waals surface area contributed by atoms with Crippen molar-refractivity contribution < 1.29 is 4.74 Å². The van der Waals surface area contributed by atoms with Crippen LogP contribution in [0.2, 0.25) is 0 Å². The molecule has 3 nitrogen and oxygen atoms in total. The van der Waals surface area contributed by atoms with E-state index in [0.717, 1.165) is 28.1 Å². The van der Waals surface area contributed by atoms with Crippen LogP contribution < -0.4 is 10.1 Å². The van der Waals surface area contributed by atoms with Crippen molar-refractivity contribution in [3.63, 3.8) is 0 Å². The maximum atomic E-state index is 5.87. The van der Waals surface area contributed by atoms with Gasteiger partial charge in [0.05, 0.1) is 0 Å². The highest BCUT2D eigenvalue weighted by atomic mass is 79.9. The number of benzene rings is 1. The lowest BCUT2D eigenvalue weighted by molar-refractivity contribution is 0.305. The molecule has 0 radical (unpaired) electrons. The molecule has 106 valence electrons. The van der Waals surface area contributed by atoms with Gasteiger partial charge in [0.15, 0.2) is 0 Å². The average molecular weight is 335 g/mol. The number of nitrogens with one attached hydrogen (secondary N) is 1. The number of nitrogens with zero attached hydrogens (tertiary/aromatic N) is 1. The number of ether oxygens (including phenoxy) is 1. The molecule has 0 unspecified atom stereocenters. The first-order chi connectivity index (χ1) is 9.60. The first-order valence-electron chi connectivity index (χ1n) is 6.68. The number of hydrogen-bond acceptors (Lipinski definition) is 3. The largest absolute Gasteiger partial charge is 0.489 e. The van der Waals surface area contributed by atoms with Crippen LogP contribution in [-0.4, -0.2) is 11.5 Å². The van der Waals surface area contributed by atoms with E-state index in [4.69, 9.17) is 4.74 Å². The van der Waals surface area contributed by atoms with E-state index in [-0.39, 0.29) is 0 Å². The van der Waals surface area contributed by atoms with Crippen LogP contribution in [-0.2, 0) is 6.61 Å². The molecule has 0 saturated carbocycles. The summed E-state index contributed by atoms with van der Waals surface area (Å²) in [6.07, 6.45) is 1.80. The molecule has 1 N–H and O–H groups in total. The first-order valence-corrected chi connectivity index (χ1v) is 7.47. The molecular formula is C16H19BrN2O. The van der Waals surface area contributed by atoms with Crippen LogP contribution in [0.4, 0.5) is 5.82 Å². The third-order valence-corrected chi connectivity index (χ3v) is 4.25. The van der Waals surface area contributed by atoms with E-state index in [9.17, 15) is 0 Å². The maximum absolute atomic E-state index is 5.87. The highest BCUT2D eigenvalue weighted by Gasteiger charge is 2.04. The summed E-state index contributed by atoms with van der Waals surface area (Å²) in [5, 5.41) is 3.20. The van der Waals surface area contributed by atoms with E-state index >= 15 is 0 Å². The van der Waals surface area contributed by atoms with Crippen LogP contribution in [0.15, 0.2) is 34.9 Å². The van der Waals surface area contributed by atoms with Gasteiger partial charge < -0.3 is 10.1 Å². The lowest BCUT2D eigenvalue weighted by Gasteiger charge is -2.11. The molecule has 1 aromatic carbocycles. The topological polar surface area (TPSA) is 34.1 Å². The molecule has 0 aliphatic rings. The van der Waals surface area contributed by atoms with E-state index in [1.165, 1.54) is 11.1 Å². The molecule has 0 spiro atoms. The Bertz CT molecular complexity index is 576. The molecule has 0 aliphatic carbocycles. The lowest BCUT2D eigenvalue weighted by Crippen LogP contribution is -2.01. The van der Waals surface area contributed by atoms with Crippen molar-refractivity contribution in [3.8, 4) is 5.75 Å². The first kappa shape index (κ1) is 14.9. The molecule has 1 aromatic heterocycles. The average Bonchev–Trinajstić information content (AvgIpc) is 2.43. The molecule has 1 heterocycles. The van der Waals surface area contributed by atoms with Gasteiger partial charge in [0, 0.05) is 17.2 Å². The molecule has 0 amide bonds. The van der Waals surface area contributed by atoms with E-state index in [0.29, 0.717) is 6.61 Å². The van der Waals surface area contributed by atoms with Crippen molar-refractivity contribution in [2.24, 2.45) is 0 Å². The highest BCUT2D eigenvalue weighted by Crippen LogP contribution is 2.26. The van der Waals surface area contributed by atoms with Gasteiger partial charge in [-0.25, -0.2) is 4.98 Å². The highest BCUT2D eigenvalue weighted by molar-refractivity contribution is 9.10. The van der Waals surface area contributed by atoms with Gasteiger partial charge in [-0.15, -0.1) is 0 Å². The molecular weight excluding hydrogens is 316 g/mol. The second kappa shape index (κ2) is 6.75. The predicted octanol–water partition coefficient (Wildman–Crippen LogP) is 4.47. The zero-order valence-electron chi connectivity index (χ0n) is 12.0. The summed E-state index contributed by atoms with van der Waals surface area (Å²) in [5.41, 5.74) is 3.47. The van der Waals surface area contributed by atoms with Crippen LogP contribution in [0.25, 0.3) is 0 Å². The van der Waals surface area contributed by atoms with Crippen molar-refractivity contribution in [2.75, 3.05) is 11.9 Å². The summed E-state index contributed by atoms with van der Waals surface area (Å²) in [4.78, 5) is 4.25. The van der Waals surface area contributed by atoms with E-state index in [2.05, 4.69) is 47.0 Å². The minimum atomic E-state index is 0.543. The molecule has 2 aromatic rings. The molecule has 0 bridgehead atoms. The second-order valence-electron chi connectivity index (χ2n) is 4.74. The predicted molar refractivity (Wildman–Crippen MR) is 86.3 cm³/mol. The molecule has 0 aliphatic heterocycles. The van der Waals surface area contributed by atoms with Crippen LogP contribution in [0.3, 0.4) is 0 Å². The van der Waals surface area contributed by atoms with Crippen molar-refractivity contribution in [3.05, 3.63) is 51.6 Å². The van der Waals surface area contributed by atoms with Crippen molar-refractivity contribution in [1.82, 2.24) is 4.98 Å². The molecule has 0 atom stereocenters. The van der Waals surface area contributed by atoms with Crippen LogP contribution in [0, 0.1) is 13.8 Å². The van der Waals surface area contributed by atoms with Gasteiger partial charge in [0.1, 0.15) is 18.2 Å².